The summed E-state index contributed by atoms with van der Waals surface area (Å²) in [4.78, 5) is 16.9. The summed E-state index contributed by atoms with van der Waals surface area (Å²) in [7, 11) is 0. The largest absolute Gasteiger partial charge is 0.501 e. The molecule has 1 aliphatic heterocycles. The van der Waals surface area contributed by atoms with Crippen LogP contribution in [-0.2, 0) is 22.1 Å². The van der Waals surface area contributed by atoms with E-state index in [2.05, 4.69) is 10.3 Å². The molecule has 4 nitrogen and oxygen atoms in total. The second kappa shape index (κ2) is 7.67. The molecule has 1 amide bonds. The minimum atomic E-state index is -4.43. The van der Waals surface area contributed by atoms with E-state index in [0.29, 0.717) is 34.2 Å². The molecule has 0 radical (unpaired) electrons. The van der Waals surface area contributed by atoms with E-state index < -0.39 is 11.7 Å². The number of ether oxygens (including phenoxy) is 1. The molecular weight excluding hydrogens is 389 g/mol. The molecule has 1 aromatic heterocycles. The molecule has 9 heteroatoms. The average Bonchev–Trinajstić information content (AvgIpc) is 3.03. The lowest BCUT2D eigenvalue weighted by Crippen LogP contribution is -2.17. The third-order valence-corrected chi connectivity index (χ3v) is 5.02. The molecule has 3 rings (SSSR count). The van der Waals surface area contributed by atoms with E-state index in [1.54, 1.807) is 0 Å². The average molecular weight is 403 g/mol. The Hall–Kier alpha value is -2.06. The van der Waals surface area contributed by atoms with E-state index in [1.807, 2.05) is 0 Å². The smallest absolute Gasteiger partial charge is 0.416 e. The topological polar surface area (TPSA) is 51.2 Å². The zero-order valence-corrected chi connectivity index (χ0v) is 15.0. The Labute approximate surface area is 156 Å². The summed E-state index contributed by atoms with van der Waals surface area (Å²) in [5.74, 6) is -0.289. The molecule has 0 aliphatic carbocycles. The quantitative estimate of drug-likeness (QED) is 0.779. The van der Waals surface area contributed by atoms with Gasteiger partial charge in [-0.25, -0.2) is 4.98 Å². The minimum absolute atomic E-state index is 0.197. The fraction of sp³-hybridized carbons (Fsp3) is 0.294. The van der Waals surface area contributed by atoms with E-state index >= 15 is 0 Å². The molecule has 26 heavy (non-hydrogen) atoms. The predicted molar refractivity (Wildman–Crippen MR) is 93.3 cm³/mol. The van der Waals surface area contributed by atoms with Crippen molar-refractivity contribution in [2.75, 3.05) is 11.9 Å². The summed E-state index contributed by atoms with van der Waals surface area (Å²) in [5, 5.41) is 3.30. The van der Waals surface area contributed by atoms with E-state index in [4.69, 9.17) is 16.3 Å². The molecule has 1 aromatic carbocycles. The first-order valence-electron chi connectivity index (χ1n) is 7.75. The molecule has 0 saturated heterocycles. The standard InChI is InChI=1S/C17H14ClF3N2O2S/c18-14-4-3-12(17(19,20)21)6-11(14)7-13-8-22-16(26-13)23-15(24)10-2-1-5-25-9-10/h3-4,6,8-9H,1-2,5,7H2,(H,22,23,24). The maximum atomic E-state index is 12.8. The number of thiazole rings is 1. The van der Waals surface area contributed by atoms with Crippen LogP contribution < -0.4 is 5.32 Å². The van der Waals surface area contributed by atoms with Crippen LogP contribution in [0.2, 0.25) is 5.02 Å². The maximum absolute atomic E-state index is 12.8. The summed E-state index contributed by atoms with van der Waals surface area (Å²) in [5.41, 5.74) is 0.138. The monoisotopic (exact) mass is 402 g/mol. The zero-order valence-electron chi connectivity index (χ0n) is 13.4. The van der Waals surface area contributed by atoms with Gasteiger partial charge in [0.05, 0.1) is 24.0 Å². The van der Waals surface area contributed by atoms with Crippen LogP contribution >= 0.6 is 22.9 Å². The van der Waals surface area contributed by atoms with Gasteiger partial charge in [0, 0.05) is 22.5 Å². The zero-order chi connectivity index (χ0) is 18.7. The van der Waals surface area contributed by atoms with Crippen LogP contribution in [0.5, 0.6) is 0 Å². The van der Waals surface area contributed by atoms with Crippen molar-refractivity contribution in [3.63, 3.8) is 0 Å². The van der Waals surface area contributed by atoms with Crippen LogP contribution in [-0.4, -0.2) is 17.5 Å². The predicted octanol–water partition coefficient (Wildman–Crippen LogP) is 5.04. The molecule has 0 saturated carbocycles. The van der Waals surface area contributed by atoms with Crippen molar-refractivity contribution in [2.24, 2.45) is 0 Å². The van der Waals surface area contributed by atoms with Crippen LogP contribution in [0.15, 0.2) is 36.2 Å². The second-order valence-electron chi connectivity index (χ2n) is 5.68. The number of aromatic nitrogens is 1. The third-order valence-electron chi connectivity index (χ3n) is 3.74. The number of alkyl halides is 3. The number of hydrogen-bond donors (Lipinski definition) is 1. The van der Waals surface area contributed by atoms with Crippen molar-refractivity contribution in [3.05, 3.63) is 57.3 Å². The number of carbonyl (C=O) groups excluding carboxylic acids is 1. The Balaban J connectivity index is 1.71. The molecule has 138 valence electrons. The van der Waals surface area contributed by atoms with Crippen molar-refractivity contribution in [1.29, 1.82) is 0 Å². The second-order valence-corrected chi connectivity index (χ2v) is 7.21. The van der Waals surface area contributed by atoms with E-state index in [9.17, 15) is 18.0 Å². The molecular formula is C17H14ClF3N2O2S. The lowest BCUT2D eigenvalue weighted by Gasteiger charge is -2.12. The first kappa shape index (κ1) is 18.7. The van der Waals surface area contributed by atoms with Gasteiger partial charge in [0.1, 0.15) is 0 Å². The van der Waals surface area contributed by atoms with Crippen molar-refractivity contribution < 1.29 is 22.7 Å². The number of hydrogen-bond acceptors (Lipinski definition) is 4. The molecule has 2 heterocycles. The summed E-state index contributed by atoms with van der Waals surface area (Å²) in [6.07, 6.45) is 0.128. The van der Waals surface area contributed by atoms with Gasteiger partial charge in [0.15, 0.2) is 5.13 Å². The highest BCUT2D eigenvalue weighted by Crippen LogP contribution is 2.33. The SMILES string of the molecule is O=C(Nc1ncc(Cc2cc(C(F)(F)F)ccc2Cl)s1)C1=COCCC1. The Morgan fingerprint density at radius 2 is 2.19 bits per heavy atom. The Morgan fingerprint density at radius 3 is 2.88 bits per heavy atom. The number of benzene rings is 1. The fourth-order valence-corrected chi connectivity index (χ4v) is 3.45. The van der Waals surface area contributed by atoms with Gasteiger partial charge < -0.3 is 4.74 Å². The van der Waals surface area contributed by atoms with Gasteiger partial charge in [-0.3, -0.25) is 10.1 Å². The van der Waals surface area contributed by atoms with Gasteiger partial charge in [-0.05, 0) is 36.6 Å². The highest BCUT2D eigenvalue weighted by Gasteiger charge is 2.31. The molecule has 0 bridgehead atoms. The number of carbonyl (C=O) groups is 1. The van der Waals surface area contributed by atoms with Gasteiger partial charge >= 0.3 is 6.18 Å². The van der Waals surface area contributed by atoms with Gasteiger partial charge in [0.2, 0.25) is 0 Å². The maximum Gasteiger partial charge on any atom is 0.416 e. The Bertz CT molecular complexity index is 849. The van der Waals surface area contributed by atoms with E-state index in [-0.39, 0.29) is 17.4 Å². The molecule has 1 aliphatic rings. The van der Waals surface area contributed by atoms with Crippen molar-refractivity contribution in [2.45, 2.75) is 25.4 Å². The normalized spacial score (nSPS) is 14.5. The first-order valence-corrected chi connectivity index (χ1v) is 8.94. The lowest BCUT2D eigenvalue weighted by atomic mass is 10.1. The molecule has 0 spiro atoms. The summed E-state index contributed by atoms with van der Waals surface area (Å²) >= 11 is 7.21. The highest BCUT2D eigenvalue weighted by molar-refractivity contribution is 7.15. The number of amides is 1. The number of halogens is 4. The van der Waals surface area contributed by atoms with Crippen molar-refractivity contribution >= 4 is 34.0 Å². The van der Waals surface area contributed by atoms with E-state index in [0.717, 1.165) is 18.6 Å². The summed E-state index contributed by atoms with van der Waals surface area (Å²) in [6, 6.07) is 3.22. The van der Waals surface area contributed by atoms with Gasteiger partial charge in [-0.1, -0.05) is 11.6 Å². The molecule has 2 aromatic rings. The van der Waals surface area contributed by atoms with Crippen LogP contribution in [0.3, 0.4) is 0 Å². The van der Waals surface area contributed by atoms with Crippen LogP contribution in [0, 0.1) is 0 Å². The highest BCUT2D eigenvalue weighted by atomic mass is 35.5. The number of nitrogens with one attached hydrogen (secondary N) is 1. The lowest BCUT2D eigenvalue weighted by molar-refractivity contribution is -0.137. The molecule has 1 N–H and O–H groups in total. The van der Waals surface area contributed by atoms with E-state index in [1.165, 1.54) is 29.9 Å². The molecule has 0 unspecified atom stereocenters. The van der Waals surface area contributed by atoms with Crippen LogP contribution in [0.1, 0.15) is 28.8 Å². The molecule has 0 atom stereocenters. The van der Waals surface area contributed by atoms with Gasteiger partial charge in [-0.15, -0.1) is 11.3 Å². The first-order chi connectivity index (χ1) is 12.3. The van der Waals surface area contributed by atoms with Crippen molar-refractivity contribution in [3.8, 4) is 0 Å². The Morgan fingerprint density at radius 1 is 1.38 bits per heavy atom. The van der Waals surface area contributed by atoms with Gasteiger partial charge in [0.25, 0.3) is 5.91 Å². The fourth-order valence-electron chi connectivity index (χ4n) is 2.43. The number of nitrogens with zero attached hydrogens (tertiary/aromatic N) is 1. The van der Waals surface area contributed by atoms with Crippen molar-refractivity contribution in [1.82, 2.24) is 4.98 Å². The van der Waals surface area contributed by atoms with Crippen LogP contribution in [0.25, 0.3) is 0 Å². The number of anilines is 1. The Kier molecular flexibility index (Phi) is 5.52. The summed E-state index contributed by atoms with van der Waals surface area (Å²) < 4.78 is 43.7. The van der Waals surface area contributed by atoms with Gasteiger partial charge in [-0.2, -0.15) is 13.2 Å². The minimum Gasteiger partial charge on any atom is -0.501 e. The third kappa shape index (κ3) is 4.56. The number of rotatable bonds is 4. The molecule has 0 fully saturated rings. The van der Waals surface area contributed by atoms with Crippen LogP contribution in [0.4, 0.5) is 18.3 Å². The summed E-state index contributed by atoms with van der Waals surface area (Å²) in [6.45, 7) is 0.593.